The quantitative estimate of drug-likeness (QED) is 0.755. The third-order valence-electron chi connectivity index (χ3n) is 3.65. The first-order chi connectivity index (χ1) is 10.7. The normalized spacial score (nSPS) is 15.1. The van der Waals surface area contributed by atoms with E-state index in [1.165, 1.54) is 6.42 Å². The van der Waals surface area contributed by atoms with Crippen molar-refractivity contribution in [1.29, 1.82) is 0 Å². The molecule has 1 aliphatic rings. The molecule has 0 spiro atoms. The van der Waals surface area contributed by atoms with Crippen molar-refractivity contribution in [3.05, 3.63) is 29.8 Å². The van der Waals surface area contributed by atoms with Gasteiger partial charge in [-0.3, -0.25) is 4.79 Å². The largest absolute Gasteiger partial charge is 0.490 e. The molecule has 4 heteroatoms. The summed E-state index contributed by atoms with van der Waals surface area (Å²) in [4.78, 5) is 14.0. The Kier molecular flexibility index (Phi) is 6.31. The van der Waals surface area contributed by atoms with Crippen LogP contribution in [0, 0.1) is 0 Å². The molecule has 1 amide bonds. The maximum absolute atomic E-state index is 12.1. The molecule has 22 heavy (non-hydrogen) atoms. The lowest BCUT2D eigenvalue weighted by atomic mass is 10.1. The summed E-state index contributed by atoms with van der Waals surface area (Å²) in [5, 5.41) is 0. The van der Waals surface area contributed by atoms with Crippen molar-refractivity contribution < 1.29 is 14.3 Å². The van der Waals surface area contributed by atoms with Gasteiger partial charge in [-0.25, -0.2) is 0 Å². The van der Waals surface area contributed by atoms with Crippen molar-refractivity contribution in [2.24, 2.45) is 0 Å². The zero-order valence-electron chi connectivity index (χ0n) is 13.5. The SMILES string of the molecule is CCOc1ccc(C=CC(=O)N2CCCCC2)cc1OCC. The fourth-order valence-corrected chi connectivity index (χ4v) is 2.56. The minimum absolute atomic E-state index is 0.0894. The third-order valence-corrected chi connectivity index (χ3v) is 3.65. The summed E-state index contributed by atoms with van der Waals surface area (Å²) < 4.78 is 11.1. The predicted molar refractivity (Wildman–Crippen MR) is 88.2 cm³/mol. The molecule has 0 radical (unpaired) electrons. The molecular weight excluding hydrogens is 278 g/mol. The first-order valence-electron chi connectivity index (χ1n) is 8.11. The maximum Gasteiger partial charge on any atom is 0.246 e. The van der Waals surface area contributed by atoms with Crippen molar-refractivity contribution in [2.45, 2.75) is 33.1 Å². The highest BCUT2D eigenvalue weighted by Gasteiger charge is 2.13. The zero-order chi connectivity index (χ0) is 15.8. The van der Waals surface area contributed by atoms with Crippen LogP contribution >= 0.6 is 0 Å². The molecule has 0 N–H and O–H groups in total. The Morgan fingerprint density at radius 3 is 2.45 bits per heavy atom. The van der Waals surface area contributed by atoms with Gasteiger partial charge in [0.25, 0.3) is 0 Å². The molecular formula is C18H25NO3. The van der Waals surface area contributed by atoms with Gasteiger partial charge in [-0.1, -0.05) is 6.07 Å². The standard InChI is InChI=1S/C18H25NO3/c1-3-21-16-10-8-15(14-17(16)22-4-2)9-11-18(20)19-12-6-5-7-13-19/h8-11,14H,3-7,12-13H2,1-2H3. The molecule has 2 rings (SSSR count). The first kappa shape index (κ1) is 16.4. The van der Waals surface area contributed by atoms with Crippen LogP contribution in [0.15, 0.2) is 24.3 Å². The highest BCUT2D eigenvalue weighted by atomic mass is 16.5. The second-order valence-electron chi connectivity index (χ2n) is 5.29. The van der Waals surface area contributed by atoms with Crippen LogP contribution in [0.25, 0.3) is 6.08 Å². The second kappa shape index (κ2) is 8.47. The average Bonchev–Trinajstić information content (AvgIpc) is 2.56. The molecule has 0 atom stereocenters. The van der Waals surface area contributed by atoms with E-state index in [1.807, 2.05) is 43.0 Å². The predicted octanol–water partition coefficient (Wildman–Crippen LogP) is 3.51. The molecule has 1 saturated heterocycles. The zero-order valence-corrected chi connectivity index (χ0v) is 13.5. The fraction of sp³-hybridized carbons (Fsp3) is 0.500. The van der Waals surface area contributed by atoms with Gasteiger partial charge in [-0.2, -0.15) is 0 Å². The highest BCUT2D eigenvalue weighted by Crippen LogP contribution is 2.29. The van der Waals surface area contributed by atoms with Gasteiger partial charge < -0.3 is 14.4 Å². The number of hydrogen-bond acceptors (Lipinski definition) is 3. The number of ether oxygens (including phenoxy) is 2. The van der Waals surface area contributed by atoms with Gasteiger partial charge in [0, 0.05) is 19.2 Å². The van der Waals surface area contributed by atoms with E-state index in [9.17, 15) is 4.79 Å². The van der Waals surface area contributed by atoms with E-state index < -0.39 is 0 Å². The molecule has 1 heterocycles. The monoisotopic (exact) mass is 303 g/mol. The van der Waals surface area contributed by atoms with Gasteiger partial charge >= 0.3 is 0 Å². The Labute approximate surface area is 132 Å². The van der Waals surface area contributed by atoms with E-state index in [0.29, 0.717) is 13.2 Å². The van der Waals surface area contributed by atoms with Crippen LogP contribution in [0.3, 0.4) is 0 Å². The lowest BCUT2D eigenvalue weighted by Gasteiger charge is -2.25. The van der Waals surface area contributed by atoms with E-state index in [0.717, 1.165) is 43.0 Å². The van der Waals surface area contributed by atoms with Crippen molar-refractivity contribution in [3.63, 3.8) is 0 Å². The summed E-state index contributed by atoms with van der Waals surface area (Å²) in [6.07, 6.45) is 6.93. The van der Waals surface area contributed by atoms with Crippen molar-refractivity contribution >= 4 is 12.0 Å². The van der Waals surface area contributed by atoms with Crippen molar-refractivity contribution in [2.75, 3.05) is 26.3 Å². The minimum Gasteiger partial charge on any atom is -0.490 e. The number of piperidine rings is 1. The minimum atomic E-state index is 0.0894. The molecule has 4 nitrogen and oxygen atoms in total. The summed E-state index contributed by atoms with van der Waals surface area (Å²) in [5.74, 6) is 1.55. The van der Waals surface area contributed by atoms with Crippen LogP contribution in [0.4, 0.5) is 0 Å². The number of hydrogen-bond donors (Lipinski definition) is 0. The molecule has 0 aliphatic carbocycles. The van der Waals surface area contributed by atoms with E-state index in [-0.39, 0.29) is 5.91 Å². The lowest BCUT2D eigenvalue weighted by molar-refractivity contribution is -0.126. The van der Waals surface area contributed by atoms with Crippen LogP contribution in [0.2, 0.25) is 0 Å². The lowest BCUT2D eigenvalue weighted by Crippen LogP contribution is -2.34. The summed E-state index contributed by atoms with van der Waals surface area (Å²) >= 11 is 0. The van der Waals surface area contributed by atoms with Crippen LogP contribution in [0.1, 0.15) is 38.7 Å². The number of rotatable bonds is 6. The van der Waals surface area contributed by atoms with Crippen LogP contribution in [-0.2, 0) is 4.79 Å². The van der Waals surface area contributed by atoms with Gasteiger partial charge in [0.1, 0.15) is 0 Å². The van der Waals surface area contributed by atoms with E-state index in [4.69, 9.17) is 9.47 Å². The summed E-state index contributed by atoms with van der Waals surface area (Å²) in [6, 6.07) is 5.74. The molecule has 1 fully saturated rings. The van der Waals surface area contributed by atoms with Gasteiger partial charge in [0.15, 0.2) is 11.5 Å². The first-order valence-corrected chi connectivity index (χ1v) is 8.11. The molecule has 1 aromatic rings. The second-order valence-corrected chi connectivity index (χ2v) is 5.29. The Bertz CT molecular complexity index is 519. The van der Waals surface area contributed by atoms with E-state index >= 15 is 0 Å². The van der Waals surface area contributed by atoms with Gasteiger partial charge in [0.05, 0.1) is 13.2 Å². The van der Waals surface area contributed by atoms with Gasteiger partial charge in [-0.15, -0.1) is 0 Å². The topological polar surface area (TPSA) is 38.8 Å². The summed E-state index contributed by atoms with van der Waals surface area (Å²) in [6.45, 7) is 6.81. The molecule has 1 aromatic carbocycles. The molecule has 120 valence electrons. The Hall–Kier alpha value is -1.97. The Morgan fingerprint density at radius 2 is 1.77 bits per heavy atom. The van der Waals surface area contributed by atoms with Crippen molar-refractivity contribution in [3.8, 4) is 11.5 Å². The van der Waals surface area contributed by atoms with Crippen LogP contribution < -0.4 is 9.47 Å². The van der Waals surface area contributed by atoms with Crippen molar-refractivity contribution in [1.82, 2.24) is 4.90 Å². The number of nitrogens with zero attached hydrogens (tertiary/aromatic N) is 1. The van der Waals surface area contributed by atoms with E-state index in [2.05, 4.69) is 0 Å². The highest BCUT2D eigenvalue weighted by molar-refractivity contribution is 5.91. The molecule has 0 aromatic heterocycles. The number of likely N-dealkylation sites (tertiary alicyclic amines) is 1. The number of benzene rings is 1. The molecule has 0 bridgehead atoms. The number of carbonyl (C=O) groups excluding carboxylic acids is 1. The third kappa shape index (κ3) is 4.52. The maximum atomic E-state index is 12.1. The van der Waals surface area contributed by atoms with Gasteiger partial charge in [-0.05, 0) is 56.9 Å². The smallest absolute Gasteiger partial charge is 0.246 e. The average molecular weight is 303 g/mol. The van der Waals surface area contributed by atoms with E-state index in [1.54, 1.807) is 6.08 Å². The Morgan fingerprint density at radius 1 is 1.09 bits per heavy atom. The van der Waals surface area contributed by atoms with Gasteiger partial charge in [0.2, 0.25) is 5.91 Å². The molecule has 0 saturated carbocycles. The summed E-state index contributed by atoms with van der Waals surface area (Å²) in [7, 11) is 0. The number of amides is 1. The fourth-order valence-electron chi connectivity index (χ4n) is 2.56. The van der Waals surface area contributed by atoms with Crippen LogP contribution in [0.5, 0.6) is 11.5 Å². The van der Waals surface area contributed by atoms with Crippen LogP contribution in [-0.4, -0.2) is 37.1 Å². The summed E-state index contributed by atoms with van der Waals surface area (Å²) in [5.41, 5.74) is 0.942. The molecule has 0 unspecified atom stereocenters. The number of carbonyl (C=O) groups is 1. The Balaban J connectivity index is 2.06. The molecule has 1 aliphatic heterocycles.